The van der Waals surface area contributed by atoms with Gasteiger partial charge in [0.2, 0.25) is 5.91 Å². The highest BCUT2D eigenvalue weighted by Gasteiger charge is 2.04. The molecule has 0 saturated carbocycles. The van der Waals surface area contributed by atoms with Crippen LogP contribution in [0.2, 0.25) is 0 Å². The number of carbonyl (C=O) groups excluding carboxylic acids is 1. The molecular weight excluding hydrogens is 240 g/mol. The van der Waals surface area contributed by atoms with E-state index in [0.29, 0.717) is 12.1 Å². The standard InChI is InChI=1S/C14H18N4O/c1-3-18-9-11(8-17-18)7-16-13-5-4-12(14(15)19)6-10(13)2/h4-6,8-9,16H,3,7H2,1-2H3,(H2,15,19). The highest BCUT2D eigenvalue weighted by molar-refractivity contribution is 5.93. The monoisotopic (exact) mass is 258 g/mol. The fourth-order valence-corrected chi connectivity index (χ4v) is 1.88. The first-order valence-electron chi connectivity index (χ1n) is 6.26. The fraction of sp³-hybridized carbons (Fsp3) is 0.286. The van der Waals surface area contributed by atoms with E-state index >= 15 is 0 Å². The maximum Gasteiger partial charge on any atom is 0.248 e. The quantitative estimate of drug-likeness (QED) is 0.860. The molecule has 0 bridgehead atoms. The number of aryl methyl sites for hydroxylation is 2. The van der Waals surface area contributed by atoms with Gasteiger partial charge in [-0.05, 0) is 37.6 Å². The van der Waals surface area contributed by atoms with E-state index in [9.17, 15) is 4.79 Å². The molecule has 100 valence electrons. The summed E-state index contributed by atoms with van der Waals surface area (Å²) in [4.78, 5) is 11.1. The normalized spacial score (nSPS) is 10.4. The number of aromatic nitrogens is 2. The molecule has 1 heterocycles. The van der Waals surface area contributed by atoms with Crippen LogP contribution in [0.4, 0.5) is 5.69 Å². The third-order valence-corrected chi connectivity index (χ3v) is 3.00. The molecule has 0 fully saturated rings. The molecular formula is C14H18N4O. The van der Waals surface area contributed by atoms with Crippen molar-refractivity contribution in [1.29, 1.82) is 0 Å². The van der Waals surface area contributed by atoms with Crippen LogP contribution in [-0.4, -0.2) is 15.7 Å². The maximum absolute atomic E-state index is 11.1. The van der Waals surface area contributed by atoms with Crippen molar-refractivity contribution >= 4 is 11.6 Å². The molecule has 1 amide bonds. The minimum atomic E-state index is -0.404. The highest BCUT2D eigenvalue weighted by Crippen LogP contribution is 2.17. The van der Waals surface area contributed by atoms with Gasteiger partial charge in [0.05, 0.1) is 6.20 Å². The predicted octanol–water partition coefficient (Wildman–Crippen LogP) is 1.92. The van der Waals surface area contributed by atoms with E-state index in [4.69, 9.17) is 5.73 Å². The van der Waals surface area contributed by atoms with Gasteiger partial charge in [-0.25, -0.2) is 0 Å². The molecule has 19 heavy (non-hydrogen) atoms. The molecule has 0 spiro atoms. The molecule has 0 atom stereocenters. The molecule has 0 aliphatic carbocycles. The predicted molar refractivity (Wildman–Crippen MR) is 74.9 cm³/mol. The SMILES string of the molecule is CCn1cc(CNc2ccc(C(N)=O)cc2C)cn1. The number of primary amides is 1. The number of nitrogens with two attached hydrogens (primary N) is 1. The number of hydrogen-bond acceptors (Lipinski definition) is 3. The van der Waals surface area contributed by atoms with Crippen LogP contribution in [0, 0.1) is 6.92 Å². The molecule has 5 nitrogen and oxygen atoms in total. The Balaban J connectivity index is 2.05. The Bertz CT molecular complexity index is 589. The molecule has 0 unspecified atom stereocenters. The lowest BCUT2D eigenvalue weighted by atomic mass is 10.1. The van der Waals surface area contributed by atoms with Crippen molar-refractivity contribution in [1.82, 2.24) is 9.78 Å². The average molecular weight is 258 g/mol. The summed E-state index contributed by atoms with van der Waals surface area (Å²) < 4.78 is 1.89. The molecule has 3 N–H and O–H groups in total. The van der Waals surface area contributed by atoms with Crippen LogP contribution in [-0.2, 0) is 13.1 Å². The van der Waals surface area contributed by atoms with E-state index in [-0.39, 0.29) is 0 Å². The van der Waals surface area contributed by atoms with Crippen LogP contribution in [0.25, 0.3) is 0 Å². The van der Waals surface area contributed by atoms with Crippen molar-refractivity contribution in [2.45, 2.75) is 26.9 Å². The highest BCUT2D eigenvalue weighted by atomic mass is 16.1. The maximum atomic E-state index is 11.1. The third kappa shape index (κ3) is 3.13. The summed E-state index contributed by atoms with van der Waals surface area (Å²) in [6.07, 6.45) is 3.86. The molecule has 0 radical (unpaired) electrons. The Hall–Kier alpha value is -2.30. The lowest BCUT2D eigenvalue weighted by Gasteiger charge is -2.09. The van der Waals surface area contributed by atoms with Crippen molar-refractivity contribution in [3.63, 3.8) is 0 Å². The van der Waals surface area contributed by atoms with E-state index in [1.54, 1.807) is 12.1 Å². The van der Waals surface area contributed by atoms with Gasteiger partial charge in [-0.1, -0.05) is 0 Å². The molecule has 5 heteroatoms. The number of hydrogen-bond donors (Lipinski definition) is 2. The summed E-state index contributed by atoms with van der Waals surface area (Å²) in [5.41, 5.74) is 8.89. The van der Waals surface area contributed by atoms with Gasteiger partial charge in [-0.2, -0.15) is 5.10 Å². The van der Waals surface area contributed by atoms with E-state index in [1.165, 1.54) is 0 Å². The van der Waals surface area contributed by atoms with Crippen molar-refractivity contribution in [2.75, 3.05) is 5.32 Å². The lowest BCUT2D eigenvalue weighted by molar-refractivity contribution is 0.1000. The van der Waals surface area contributed by atoms with Crippen molar-refractivity contribution in [2.24, 2.45) is 5.73 Å². The number of nitrogens with one attached hydrogen (secondary N) is 1. The van der Waals surface area contributed by atoms with Crippen molar-refractivity contribution < 1.29 is 4.79 Å². The van der Waals surface area contributed by atoms with Gasteiger partial charge in [0.1, 0.15) is 0 Å². The Morgan fingerprint density at radius 2 is 2.26 bits per heavy atom. The van der Waals surface area contributed by atoms with Crippen LogP contribution in [0.15, 0.2) is 30.6 Å². The Labute approximate surface area is 112 Å². The lowest BCUT2D eigenvalue weighted by Crippen LogP contribution is -2.11. The second kappa shape index (κ2) is 5.56. The van der Waals surface area contributed by atoms with Gasteiger partial charge in [0.25, 0.3) is 0 Å². The van der Waals surface area contributed by atoms with Gasteiger partial charge in [0, 0.05) is 36.1 Å². The summed E-state index contributed by atoms with van der Waals surface area (Å²) in [6.45, 7) is 5.57. The van der Waals surface area contributed by atoms with Crippen molar-refractivity contribution in [3.8, 4) is 0 Å². The molecule has 0 aliphatic rings. The van der Waals surface area contributed by atoms with E-state index < -0.39 is 5.91 Å². The third-order valence-electron chi connectivity index (χ3n) is 3.00. The summed E-state index contributed by atoms with van der Waals surface area (Å²) in [6, 6.07) is 5.40. The zero-order valence-corrected chi connectivity index (χ0v) is 11.2. The number of nitrogens with zero attached hydrogens (tertiary/aromatic N) is 2. The average Bonchev–Trinajstić information content (AvgIpc) is 2.85. The van der Waals surface area contributed by atoms with E-state index in [0.717, 1.165) is 23.4 Å². The summed E-state index contributed by atoms with van der Waals surface area (Å²) in [7, 11) is 0. The topological polar surface area (TPSA) is 72.9 Å². The number of benzene rings is 1. The first-order valence-corrected chi connectivity index (χ1v) is 6.26. The molecule has 0 saturated heterocycles. The van der Waals surface area contributed by atoms with Gasteiger partial charge in [-0.3, -0.25) is 9.48 Å². The first kappa shape index (κ1) is 13.1. The van der Waals surface area contributed by atoms with Crippen LogP contribution in [0.1, 0.15) is 28.4 Å². The molecule has 2 aromatic rings. The minimum Gasteiger partial charge on any atom is -0.381 e. The second-order valence-electron chi connectivity index (χ2n) is 4.45. The smallest absolute Gasteiger partial charge is 0.248 e. The molecule has 1 aromatic heterocycles. The van der Waals surface area contributed by atoms with Crippen LogP contribution >= 0.6 is 0 Å². The number of carbonyl (C=O) groups is 1. The first-order chi connectivity index (χ1) is 9.10. The largest absolute Gasteiger partial charge is 0.381 e. The van der Waals surface area contributed by atoms with Crippen LogP contribution < -0.4 is 11.1 Å². The number of anilines is 1. The number of amides is 1. The summed E-state index contributed by atoms with van der Waals surface area (Å²) in [5.74, 6) is -0.404. The Morgan fingerprint density at radius 1 is 1.47 bits per heavy atom. The molecule has 2 rings (SSSR count). The summed E-state index contributed by atoms with van der Waals surface area (Å²) in [5, 5.41) is 7.55. The molecule has 0 aliphatic heterocycles. The van der Waals surface area contributed by atoms with E-state index in [2.05, 4.69) is 17.3 Å². The van der Waals surface area contributed by atoms with Gasteiger partial charge >= 0.3 is 0 Å². The summed E-state index contributed by atoms with van der Waals surface area (Å²) >= 11 is 0. The van der Waals surface area contributed by atoms with Gasteiger partial charge in [-0.15, -0.1) is 0 Å². The molecule has 1 aromatic carbocycles. The fourth-order valence-electron chi connectivity index (χ4n) is 1.88. The van der Waals surface area contributed by atoms with Crippen molar-refractivity contribution in [3.05, 3.63) is 47.3 Å². The zero-order chi connectivity index (χ0) is 13.8. The zero-order valence-electron chi connectivity index (χ0n) is 11.2. The second-order valence-corrected chi connectivity index (χ2v) is 4.45. The van der Waals surface area contributed by atoms with Crippen LogP contribution in [0.3, 0.4) is 0 Å². The van der Waals surface area contributed by atoms with Crippen LogP contribution in [0.5, 0.6) is 0 Å². The Morgan fingerprint density at radius 3 is 2.84 bits per heavy atom. The van der Waals surface area contributed by atoms with E-state index in [1.807, 2.05) is 30.1 Å². The number of rotatable bonds is 5. The van der Waals surface area contributed by atoms with Gasteiger partial charge < -0.3 is 11.1 Å². The Kier molecular flexibility index (Phi) is 3.85. The van der Waals surface area contributed by atoms with Gasteiger partial charge in [0.15, 0.2) is 0 Å². The minimum absolute atomic E-state index is 0.404.